The van der Waals surface area contributed by atoms with E-state index in [2.05, 4.69) is 4.98 Å². The lowest BCUT2D eigenvalue weighted by Crippen LogP contribution is -2.21. The molecule has 0 aliphatic carbocycles. The first kappa shape index (κ1) is 13.2. The number of fused-ring (bicyclic) bond motifs is 1. The molecule has 21 heavy (non-hydrogen) atoms. The van der Waals surface area contributed by atoms with E-state index in [0.717, 1.165) is 5.56 Å². The third-order valence-electron chi connectivity index (χ3n) is 3.52. The van der Waals surface area contributed by atoms with Crippen molar-refractivity contribution in [3.05, 3.63) is 64.4 Å². The molecular weight excluding hydrogens is 264 g/mol. The molecular formula is C17H14N2O2. The zero-order valence-corrected chi connectivity index (χ0v) is 11.8. The van der Waals surface area contributed by atoms with Crippen LogP contribution < -0.4 is 5.56 Å². The molecule has 2 aromatic carbocycles. The van der Waals surface area contributed by atoms with Gasteiger partial charge in [0.2, 0.25) is 0 Å². The Balaban J connectivity index is 2.43. The molecule has 0 bridgehead atoms. The Morgan fingerprint density at radius 2 is 1.76 bits per heavy atom. The maximum Gasteiger partial charge on any atom is 0.261 e. The lowest BCUT2D eigenvalue weighted by Gasteiger charge is -2.10. The summed E-state index contributed by atoms with van der Waals surface area (Å²) in [6, 6.07) is 14.6. The first-order valence-electron chi connectivity index (χ1n) is 6.65. The van der Waals surface area contributed by atoms with Gasteiger partial charge in [0.25, 0.3) is 5.56 Å². The minimum atomic E-state index is -0.151. The van der Waals surface area contributed by atoms with Crippen molar-refractivity contribution in [2.75, 3.05) is 0 Å². The van der Waals surface area contributed by atoms with Crippen molar-refractivity contribution in [1.29, 1.82) is 0 Å². The van der Waals surface area contributed by atoms with Crippen LogP contribution in [0.3, 0.4) is 0 Å². The van der Waals surface area contributed by atoms with Gasteiger partial charge in [-0.25, -0.2) is 4.98 Å². The van der Waals surface area contributed by atoms with E-state index < -0.39 is 0 Å². The number of hydrogen-bond donors (Lipinski definition) is 0. The number of nitrogens with zero attached hydrogens (tertiary/aromatic N) is 2. The van der Waals surface area contributed by atoms with Gasteiger partial charge in [0, 0.05) is 18.2 Å². The van der Waals surface area contributed by atoms with Gasteiger partial charge in [-0.3, -0.25) is 14.2 Å². The Morgan fingerprint density at radius 1 is 1.05 bits per heavy atom. The summed E-state index contributed by atoms with van der Waals surface area (Å²) in [6.07, 6.45) is 0. The molecule has 3 aromatic rings. The summed E-state index contributed by atoms with van der Waals surface area (Å²) in [5, 5.41) is 0.463. The fourth-order valence-corrected chi connectivity index (χ4v) is 2.42. The predicted octanol–water partition coefficient (Wildman–Crippen LogP) is 2.80. The molecule has 0 atom stereocenters. The Hall–Kier alpha value is -2.75. The van der Waals surface area contributed by atoms with Crippen molar-refractivity contribution in [2.45, 2.75) is 6.92 Å². The van der Waals surface area contributed by atoms with Crippen LogP contribution in [0.25, 0.3) is 22.3 Å². The summed E-state index contributed by atoms with van der Waals surface area (Å²) in [6.45, 7) is 1.48. The normalized spacial score (nSPS) is 10.8. The number of para-hydroxylation sites is 1. The number of ketones is 1. The Morgan fingerprint density at radius 3 is 2.43 bits per heavy atom. The van der Waals surface area contributed by atoms with Crippen LogP contribution in [0.5, 0.6) is 0 Å². The smallest absolute Gasteiger partial charge is 0.261 e. The van der Waals surface area contributed by atoms with Crippen molar-refractivity contribution in [3.8, 4) is 11.4 Å². The van der Waals surface area contributed by atoms with Gasteiger partial charge in [-0.1, -0.05) is 36.4 Å². The maximum atomic E-state index is 12.5. The Bertz CT molecular complexity index is 896. The highest BCUT2D eigenvalue weighted by Crippen LogP contribution is 2.20. The van der Waals surface area contributed by atoms with Gasteiger partial charge in [-0.05, 0) is 19.1 Å². The number of carbonyl (C=O) groups excluding carboxylic acids is 1. The van der Waals surface area contributed by atoms with Crippen molar-refractivity contribution in [1.82, 2.24) is 9.55 Å². The lowest BCUT2D eigenvalue weighted by molar-refractivity contribution is 0.101. The van der Waals surface area contributed by atoms with Gasteiger partial charge in [0.15, 0.2) is 5.78 Å². The standard InChI is InChI=1S/C17H14N2O2/c1-11(20)13-9-6-10-14-15(13)18-16(19(2)17(14)21)12-7-4-3-5-8-12/h3-10H,1-2H3. The van der Waals surface area contributed by atoms with Crippen molar-refractivity contribution < 1.29 is 4.79 Å². The first-order valence-corrected chi connectivity index (χ1v) is 6.65. The van der Waals surface area contributed by atoms with Crippen LogP contribution in [0.15, 0.2) is 53.3 Å². The van der Waals surface area contributed by atoms with Gasteiger partial charge in [-0.15, -0.1) is 0 Å². The second-order valence-corrected chi connectivity index (χ2v) is 4.92. The van der Waals surface area contributed by atoms with Crippen LogP contribution in [0.4, 0.5) is 0 Å². The first-order chi connectivity index (χ1) is 10.1. The molecule has 0 radical (unpaired) electrons. The second kappa shape index (κ2) is 4.98. The molecule has 1 heterocycles. The highest BCUT2D eigenvalue weighted by Gasteiger charge is 2.14. The van der Waals surface area contributed by atoms with Gasteiger partial charge < -0.3 is 0 Å². The highest BCUT2D eigenvalue weighted by molar-refractivity contribution is 6.05. The third kappa shape index (κ3) is 2.14. The molecule has 0 fully saturated rings. The predicted molar refractivity (Wildman–Crippen MR) is 82.4 cm³/mol. The number of rotatable bonds is 2. The van der Waals surface area contributed by atoms with Crippen LogP contribution in [0.1, 0.15) is 17.3 Å². The zero-order chi connectivity index (χ0) is 15.0. The van der Waals surface area contributed by atoms with E-state index in [0.29, 0.717) is 22.3 Å². The van der Waals surface area contributed by atoms with Gasteiger partial charge in [-0.2, -0.15) is 0 Å². The van der Waals surface area contributed by atoms with Gasteiger partial charge in [0.1, 0.15) is 5.82 Å². The molecule has 3 rings (SSSR count). The number of carbonyl (C=O) groups is 1. The molecule has 0 N–H and O–H groups in total. The summed E-state index contributed by atoms with van der Waals surface area (Å²) < 4.78 is 1.52. The zero-order valence-electron chi connectivity index (χ0n) is 11.8. The quantitative estimate of drug-likeness (QED) is 0.677. The molecule has 4 nitrogen and oxygen atoms in total. The van der Waals surface area contributed by atoms with Gasteiger partial charge in [0.05, 0.1) is 10.9 Å². The second-order valence-electron chi connectivity index (χ2n) is 4.92. The van der Waals surface area contributed by atoms with Crippen LogP contribution in [0.2, 0.25) is 0 Å². The monoisotopic (exact) mass is 278 g/mol. The van der Waals surface area contributed by atoms with E-state index in [1.54, 1.807) is 25.2 Å². The summed E-state index contributed by atoms with van der Waals surface area (Å²) in [5.74, 6) is 0.460. The van der Waals surface area contributed by atoms with Gasteiger partial charge >= 0.3 is 0 Å². The van der Waals surface area contributed by atoms with Crippen molar-refractivity contribution in [3.63, 3.8) is 0 Å². The minimum absolute atomic E-state index is 0.0969. The highest BCUT2D eigenvalue weighted by atomic mass is 16.1. The fraction of sp³-hybridized carbons (Fsp3) is 0.118. The molecule has 0 amide bonds. The van der Waals surface area contributed by atoms with Crippen LogP contribution in [-0.4, -0.2) is 15.3 Å². The molecule has 0 saturated heterocycles. The number of hydrogen-bond acceptors (Lipinski definition) is 3. The maximum absolute atomic E-state index is 12.5. The molecule has 4 heteroatoms. The molecule has 0 saturated carbocycles. The number of aromatic nitrogens is 2. The van der Waals surface area contributed by atoms with E-state index in [4.69, 9.17) is 0 Å². The average molecular weight is 278 g/mol. The largest absolute Gasteiger partial charge is 0.295 e. The average Bonchev–Trinajstić information content (AvgIpc) is 2.51. The van der Waals surface area contributed by atoms with Crippen LogP contribution in [-0.2, 0) is 7.05 Å². The molecule has 104 valence electrons. The molecule has 0 spiro atoms. The summed E-state index contributed by atoms with van der Waals surface area (Å²) in [5.41, 5.74) is 1.63. The van der Waals surface area contributed by atoms with E-state index >= 15 is 0 Å². The Kier molecular flexibility index (Phi) is 3.14. The SMILES string of the molecule is CC(=O)c1cccc2c(=O)n(C)c(-c3ccccc3)nc12. The lowest BCUT2D eigenvalue weighted by atomic mass is 10.1. The molecule has 0 aliphatic heterocycles. The summed E-state index contributed by atoms with van der Waals surface area (Å²) >= 11 is 0. The third-order valence-corrected chi connectivity index (χ3v) is 3.52. The van der Waals surface area contributed by atoms with E-state index in [1.165, 1.54) is 11.5 Å². The van der Waals surface area contributed by atoms with E-state index in [9.17, 15) is 9.59 Å². The minimum Gasteiger partial charge on any atom is -0.295 e. The fourth-order valence-electron chi connectivity index (χ4n) is 2.42. The van der Waals surface area contributed by atoms with Crippen molar-refractivity contribution >= 4 is 16.7 Å². The van der Waals surface area contributed by atoms with E-state index in [1.807, 2.05) is 30.3 Å². The number of benzene rings is 2. The summed E-state index contributed by atoms with van der Waals surface area (Å²) in [7, 11) is 1.69. The Labute approximate surface area is 121 Å². The topological polar surface area (TPSA) is 52.0 Å². The van der Waals surface area contributed by atoms with E-state index in [-0.39, 0.29) is 11.3 Å². The summed E-state index contributed by atoms with van der Waals surface area (Å²) in [4.78, 5) is 28.8. The van der Waals surface area contributed by atoms with Crippen LogP contribution in [0, 0.1) is 0 Å². The van der Waals surface area contributed by atoms with Crippen molar-refractivity contribution in [2.24, 2.45) is 7.05 Å². The molecule has 1 aromatic heterocycles. The molecule has 0 aliphatic rings. The molecule has 0 unspecified atom stereocenters. The van der Waals surface area contributed by atoms with Crippen LogP contribution >= 0.6 is 0 Å². The number of Topliss-reactive ketones (excluding diaryl/α,β-unsaturated/α-hetero) is 1.